The fraction of sp³-hybridized carbons (Fsp3) is 0.900. The van der Waals surface area contributed by atoms with Gasteiger partial charge in [-0.2, -0.15) is 0 Å². The van der Waals surface area contributed by atoms with Gasteiger partial charge in [0.05, 0.1) is 6.61 Å². The van der Waals surface area contributed by atoms with Crippen molar-refractivity contribution in [2.75, 3.05) is 13.2 Å². The van der Waals surface area contributed by atoms with Crippen LogP contribution in [0.2, 0.25) is 0 Å². The zero-order chi connectivity index (χ0) is 10.6. The average Bonchev–Trinajstić information content (AvgIpc) is 2.17. The molecule has 0 aromatic heterocycles. The molecule has 0 aliphatic carbocycles. The molecule has 1 saturated heterocycles. The van der Waals surface area contributed by atoms with Crippen molar-refractivity contribution in [2.24, 2.45) is 0 Å². The van der Waals surface area contributed by atoms with Crippen molar-refractivity contribution < 1.29 is 14.6 Å². The zero-order valence-corrected chi connectivity index (χ0v) is 8.88. The molecule has 4 nitrogen and oxygen atoms in total. The van der Waals surface area contributed by atoms with E-state index >= 15 is 0 Å². The lowest BCUT2D eigenvalue weighted by atomic mass is 9.94. The van der Waals surface area contributed by atoms with Gasteiger partial charge in [-0.25, -0.2) is 4.79 Å². The van der Waals surface area contributed by atoms with Gasteiger partial charge in [0.25, 0.3) is 0 Å². The van der Waals surface area contributed by atoms with Crippen molar-refractivity contribution in [3.63, 3.8) is 0 Å². The van der Waals surface area contributed by atoms with Crippen molar-refractivity contribution in [3.8, 4) is 0 Å². The summed E-state index contributed by atoms with van der Waals surface area (Å²) in [4.78, 5) is 10.9. The van der Waals surface area contributed by atoms with Crippen LogP contribution < -0.4 is 5.32 Å². The highest BCUT2D eigenvalue weighted by Crippen LogP contribution is 2.24. The first-order valence-electron chi connectivity index (χ1n) is 5.19. The Bertz CT molecular complexity index is 198. The van der Waals surface area contributed by atoms with Crippen LogP contribution in [0.5, 0.6) is 0 Å². The van der Waals surface area contributed by atoms with Gasteiger partial charge in [0.2, 0.25) is 0 Å². The van der Waals surface area contributed by atoms with Crippen molar-refractivity contribution in [1.29, 1.82) is 0 Å². The van der Waals surface area contributed by atoms with Crippen LogP contribution >= 0.6 is 0 Å². The van der Waals surface area contributed by atoms with E-state index < -0.39 is 11.6 Å². The Morgan fingerprint density at radius 1 is 1.71 bits per heavy atom. The van der Waals surface area contributed by atoms with Crippen molar-refractivity contribution in [1.82, 2.24) is 5.32 Å². The summed E-state index contributed by atoms with van der Waals surface area (Å²) >= 11 is 0. The molecule has 0 bridgehead atoms. The third-order valence-electron chi connectivity index (χ3n) is 2.71. The average molecular weight is 201 g/mol. The lowest BCUT2D eigenvalue weighted by Gasteiger charge is -2.34. The molecule has 1 aliphatic rings. The number of carboxylic acids is 1. The first-order valence-corrected chi connectivity index (χ1v) is 5.19. The molecule has 2 N–H and O–H groups in total. The number of hydrogen-bond donors (Lipinski definition) is 2. The van der Waals surface area contributed by atoms with E-state index in [1.54, 1.807) is 6.92 Å². The summed E-state index contributed by atoms with van der Waals surface area (Å²) in [6.07, 6.45) is 2.55. The molecule has 0 aromatic carbocycles. The maximum absolute atomic E-state index is 10.9. The standard InChI is InChI=1S/C10H19NO3/c1-3-6-11-8-4-5-10(2,9(12)13)14-7-8/h8,11H,3-7H2,1-2H3,(H,12,13)/t8-,10-/m1/s1. The fourth-order valence-corrected chi connectivity index (χ4v) is 1.57. The highest BCUT2D eigenvalue weighted by atomic mass is 16.5. The Morgan fingerprint density at radius 3 is 2.86 bits per heavy atom. The predicted octanol–water partition coefficient (Wildman–Crippen LogP) is 1.01. The molecule has 2 atom stereocenters. The van der Waals surface area contributed by atoms with Gasteiger partial charge in [0.1, 0.15) is 0 Å². The molecule has 82 valence electrons. The zero-order valence-electron chi connectivity index (χ0n) is 8.88. The van der Waals surface area contributed by atoms with E-state index in [0.29, 0.717) is 19.1 Å². The quantitative estimate of drug-likeness (QED) is 0.712. The minimum Gasteiger partial charge on any atom is -0.479 e. The van der Waals surface area contributed by atoms with Crippen LogP contribution in [0.25, 0.3) is 0 Å². The molecule has 0 aromatic rings. The molecule has 1 fully saturated rings. The fourth-order valence-electron chi connectivity index (χ4n) is 1.57. The Labute approximate surface area is 84.6 Å². The molecule has 4 heteroatoms. The smallest absolute Gasteiger partial charge is 0.335 e. The van der Waals surface area contributed by atoms with E-state index in [0.717, 1.165) is 19.4 Å². The van der Waals surface area contributed by atoms with Gasteiger partial charge in [-0.05, 0) is 32.7 Å². The summed E-state index contributed by atoms with van der Waals surface area (Å²) < 4.78 is 5.37. The highest BCUT2D eigenvalue weighted by molar-refractivity contribution is 5.77. The van der Waals surface area contributed by atoms with Gasteiger partial charge in [-0.1, -0.05) is 6.92 Å². The third kappa shape index (κ3) is 2.69. The number of carboxylic acid groups (broad SMARTS) is 1. The summed E-state index contributed by atoms with van der Waals surface area (Å²) in [7, 11) is 0. The first kappa shape index (κ1) is 11.5. The number of hydrogen-bond acceptors (Lipinski definition) is 3. The van der Waals surface area contributed by atoms with Crippen LogP contribution in [0.15, 0.2) is 0 Å². The van der Waals surface area contributed by atoms with Crippen LogP contribution in [0.1, 0.15) is 33.1 Å². The number of rotatable bonds is 4. The van der Waals surface area contributed by atoms with Crippen molar-refractivity contribution in [2.45, 2.75) is 44.8 Å². The monoisotopic (exact) mass is 201 g/mol. The summed E-state index contributed by atoms with van der Waals surface area (Å²) in [5.74, 6) is -0.855. The second-order valence-corrected chi connectivity index (χ2v) is 4.04. The number of ether oxygens (including phenoxy) is 1. The molecule has 1 rings (SSSR count). The lowest BCUT2D eigenvalue weighted by molar-refractivity contribution is -0.170. The lowest BCUT2D eigenvalue weighted by Crippen LogP contribution is -2.49. The molecule has 1 aliphatic heterocycles. The van der Waals surface area contributed by atoms with E-state index in [9.17, 15) is 4.79 Å². The Hall–Kier alpha value is -0.610. The summed E-state index contributed by atoms with van der Waals surface area (Å²) in [5, 5.41) is 12.2. The minimum atomic E-state index is -0.968. The Balaban J connectivity index is 2.34. The van der Waals surface area contributed by atoms with Crippen LogP contribution in [0, 0.1) is 0 Å². The van der Waals surface area contributed by atoms with Crippen LogP contribution in [-0.4, -0.2) is 35.9 Å². The van der Waals surface area contributed by atoms with Gasteiger partial charge in [0, 0.05) is 6.04 Å². The van der Waals surface area contributed by atoms with Crippen molar-refractivity contribution in [3.05, 3.63) is 0 Å². The Morgan fingerprint density at radius 2 is 2.43 bits per heavy atom. The molecule has 0 spiro atoms. The summed E-state index contributed by atoms with van der Waals surface area (Å²) in [5.41, 5.74) is -0.968. The van der Waals surface area contributed by atoms with Crippen LogP contribution in [0.4, 0.5) is 0 Å². The molecule has 0 unspecified atom stereocenters. The van der Waals surface area contributed by atoms with Crippen LogP contribution in [0.3, 0.4) is 0 Å². The van der Waals surface area contributed by atoms with Gasteiger partial charge in [0.15, 0.2) is 5.60 Å². The Kier molecular flexibility index (Phi) is 3.89. The topological polar surface area (TPSA) is 58.6 Å². The maximum atomic E-state index is 10.9. The second-order valence-electron chi connectivity index (χ2n) is 4.04. The van der Waals surface area contributed by atoms with Gasteiger partial charge >= 0.3 is 5.97 Å². The SMILES string of the molecule is CCCN[C@@H]1CC[C@](C)(C(=O)O)OC1. The molecule has 14 heavy (non-hydrogen) atoms. The van der Waals surface area contributed by atoms with E-state index in [4.69, 9.17) is 9.84 Å². The van der Waals surface area contributed by atoms with Crippen LogP contribution in [-0.2, 0) is 9.53 Å². The first-order chi connectivity index (χ1) is 6.58. The van der Waals surface area contributed by atoms with E-state index in [1.165, 1.54) is 0 Å². The minimum absolute atomic E-state index is 0.322. The van der Waals surface area contributed by atoms with Gasteiger partial charge in [-0.15, -0.1) is 0 Å². The van der Waals surface area contributed by atoms with E-state index in [1.807, 2.05) is 0 Å². The molecular weight excluding hydrogens is 182 g/mol. The highest BCUT2D eigenvalue weighted by Gasteiger charge is 2.38. The maximum Gasteiger partial charge on any atom is 0.335 e. The predicted molar refractivity (Wildman–Crippen MR) is 53.3 cm³/mol. The molecule has 1 heterocycles. The third-order valence-corrected chi connectivity index (χ3v) is 2.71. The normalized spacial score (nSPS) is 32.9. The molecular formula is C10H19NO3. The largest absolute Gasteiger partial charge is 0.479 e. The molecule has 0 radical (unpaired) electrons. The molecule has 0 amide bonds. The summed E-state index contributed by atoms with van der Waals surface area (Å²) in [6.45, 7) is 5.23. The number of aliphatic carboxylic acids is 1. The number of carbonyl (C=O) groups is 1. The number of nitrogens with one attached hydrogen (secondary N) is 1. The van der Waals surface area contributed by atoms with E-state index in [-0.39, 0.29) is 0 Å². The van der Waals surface area contributed by atoms with Crippen molar-refractivity contribution >= 4 is 5.97 Å². The molecule has 0 saturated carbocycles. The summed E-state index contributed by atoms with van der Waals surface area (Å²) in [6, 6.07) is 0.322. The second kappa shape index (κ2) is 4.75. The van der Waals surface area contributed by atoms with Gasteiger partial charge < -0.3 is 15.2 Å². The van der Waals surface area contributed by atoms with E-state index in [2.05, 4.69) is 12.2 Å². The van der Waals surface area contributed by atoms with Gasteiger partial charge in [-0.3, -0.25) is 0 Å².